The third-order valence-electron chi connectivity index (χ3n) is 1.98. The Kier molecular flexibility index (Phi) is 4.94. The molecule has 3 N–H and O–H groups in total. The number of halogens is 3. The van der Waals surface area contributed by atoms with E-state index in [1.165, 1.54) is 5.32 Å². The van der Waals surface area contributed by atoms with Crippen molar-refractivity contribution in [1.29, 1.82) is 0 Å². The van der Waals surface area contributed by atoms with Crippen molar-refractivity contribution in [1.82, 2.24) is 10.6 Å². The molecule has 18 heavy (non-hydrogen) atoms. The van der Waals surface area contributed by atoms with Gasteiger partial charge in [0.1, 0.15) is 6.54 Å². The normalized spacial score (nSPS) is 14.3. The first kappa shape index (κ1) is 16.0. The number of alkyl halides is 3. The molecular weight excluding hydrogens is 261 g/mol. The van der Waals surface area contributed by atoms with Crippen molar-refractivity contribution in [2.75, 3.05) is 13.7 Å². The quantitative estimate of drug-likeness (QED) is 0.618. The van der Waals surface area contributed by atoms with Crippen LogP contribution in [0.25, 0.3) is 0 Å². The van der Waals surface area contributed by atoms with Gasteiger partial charge < -0.3 is 20.5 Å². The molecule has 0 aromatic rings. The number of nitrogens with one attached hydrogen (secondary N) is 2. The van der Waals surface area contributed by atoms with Crippen molar-refractivity contribution in [3.63, 3.8) is 0 Å². The van der Waals surface area contributed by atoms with Crippen LogP contribution in [-0.2, 0) is 14.3 Å². The van der Waals surface area contributed by atoms with E-state index in [9.17, 15) is 27.6 Å². The van der Waals surface area contributed by atoms with E-state index in [0.717, 1.165) is 7.11 Å². The maximum absolute atomic E-state index is 12.5. The summed E-state index contributed by atoms with van der Waals surface area (Å²) in [6.07, 6.45) is -5.19. The minimum atomic E-state index is -5.19. The van der Waals surface area contributed by atoms with Crippen molar-refractivity contribution < 1.29 is 37.4 Å². The minimum absolute atomic E-state index is 0.285. The highest BCUT2D eigenvalue weighted by Crippen LogP contribution is 2.30. The summed E-state index contributed by atoms with van der Waals surface area (Å²) in [7, 11) is 1.01. The zero-order chi connectivity index (χ0) is 14.6. The molecule has 0 aromatic heterocycles. The van der Waals surface area contributed by atoms with Crippen LogP contribution in [0.1, 0.15) is 6.92 Å². The maximum atomic E-state index is 12.5. The number of esters is 1. The van der Waals surface area contributed by atoms with Gasteiger partial charge in [-0.1, -0.05) is 0 Å². The van der Waals surface area contributed by atoms with Gasteiger partial charge >= 0.3 is 24.1 Å². The number of carboxylic acid groups (broad SMARTS) is 1. The monoisotopic (exact) mass is 272 g/mol. The van der Waals surface area contributed by atoms with Crippen LogP contribution in [0.3, 0.4) is 0 Å². The summed E-state index contributed by atoms with van der Waals surface area (Å²) >= 11 is 0. The summed E-state index contributed by atoms with van der Waals surface area (Å²) in [6.45, 7) is -0.400. The number of hydrogen-bond donors (Lipinski definition) is 3. The molecule has 0 rings (SSSR count). The number of urea groups is 1. The molecule has 0 saturated carbocycles. The predicted molar refractivity (Wildman–Crippen MR) is 50.6 cm³/mol. The third kappa shape index (κ3) is 3.79. The lowest BCUT2D eigenvalue weighted by Crippen LogP contribution is -2.63. The molecule has 1 atom stereocenters. The SMILES string of the molecule is COC(=O)CNC(=O)NC(C)(C(=O)O)C(F)(F)F. The zero-order valence-electron chi connectivity index (χ0n) is 9.42. The average Bonchev–Trinajstić information content (AvgIpc) is 2.23. The van der Waals surface area contributed by atoms with E-state index >= 15 is 0 Å². The Bertz CT molecular complexity index is 357. The standard InChI is InChI=1S/C8H11F3N2O5/c1-7(5(15)16,8(9,10)11)13-6(17)12-3-4(14)18-2/h3H2,1-2H3,(H,15,16)(H2,12,13,17). The molecule has 7 nitrogen and oxygen atoms in total. The molecule has 0 radical (unpaired) electrons. The van der Waals surface area contributed by atoms with E-state index in [1.807, 2.05) is 0 Å². The van der Waals surface area contributed by atoms with Gasteiger partial charge in [-0.05, 0) is 6.92 Å². The molecule has 0 aromatic carbocycles. The second kappa shape index (κ2) is 5.56. The molecule has 0 aliphatic heterocycles. The fourth-order valence-electron chi connectivity index (χ4n) is 0.741. The molecule has 0 aliphatic rings. The Morgan fingerprint density at radius 2 is 1.78 bits per heavy atom. The number of aliphatic carboxylic acids is 1. The Morgan fingerprint density at radius 1 is 1.28 bits per heavy atom. The molecule has 0 spiro atoms. The van der Waals surface area contributed by atoms with Crippen LogP contribution in [-0.4, -0.2) is 48.4 Å². The highest BCUT2D eigenvalue weighted by atomic mass is 19.4. The largest absolute Gasteiger partial charge is 0.479 e. The number of carbonyl (C=O) groups is 3. The molecule has 104 valence electrons. The first-order valence-electron chi connectivity index (χ1n) is 4.47. The molecule has 0 aliphatic carbocycles. The first-order valence-corrected chi connectivity index (χ1v) is 4.47. The second-order valence-electron chi connectivity index (χ2n) is 3.31. The van der Waals surface area contributed by atoms with Gasteiger partial charge in [-0.25, -0.2) is 9.59 Å². The van der Waals surface area contributed by atoms with Gasteiger partial charge in [0.15, 0.2) is 0 Å². The summed E-state index contributed by atoms with van der Waals surface area (Å²) in [6, 6.07) is -1.46. The minimum Gasteiger partial charge on any atom is -0.479 e. The molecule has 2 amide bonds. The zero-order valence-corrected chi connectivity index (χ0v) is 9.42. The van der Waals surface area contributed by atoms with Crippen LogP contribution >= 0.6 is 0 Å². The summed E-state index contributed by atoms with van der Waals surface area (Å²) in [5, 5.41) is 11.4. The van der Waals surface area contributed by atoms with E-state index in [-0.39, 0.29) is 6.92 Å². The Morgan fingerprint density at radius 3 is 2.11 bits per heavy atom. The molecule has 0 bridgehead atoms. The van der Waals surface area contributed by atoms with Gasteiger partial charge in [-0.3, -0.25) is 4.79 Å². The number of carboxylic acids is 1. The van der Waals surface area contributed by atoms with Crippen molar-refractivity contribution in [3.8, 4) is 0 Å². The predicted octanol–water partition coefficient (Wildman–Crippen LogP) is -0.136. The lowest BCUT2D eigenvalue weighted by molar-refractivity contribution is -0.203. The lowest BCUT2D eigenvalue weighted by Gasteiger charge is -2.28. The van der Waals surface area contributed by atoms with Crippen LogP contribution in [0.5, 0.6) is 0 Å². The smallest absolute Gasteiger partial charge is 0.422 e. The molecule has 0 heterocycles. The van der Waals surface area contributed by atoms with Crippen LogP contribution in [0.2, 0.25) is 0 Å². The van der Waals surface area contributed by atoms with E-state index in [0.29, 0.717) is 0 Å². The Hall–Kier alpha value is -2.00. The summed E-state index contributed by atoms with van der Waals surface area (Å²) in [5.41, 5.74) is -3.45. The first-order chi connectivity index (χ1) is 8.04. The molecular formula is C8H11F3N2O5. The number of methoxy groups -OCH3 is 1. The van der Waals surface area contributed by atoms with Gasteiger partial charge in [0.25, 0.3) is 0 Å². The number of carbonyl (C=O) groups excluding carboxylic acids is 2. The van der Waals surface area contributed by atoms with E-state index in [4.69, 9.17) is 5.11 Å². The number of rotatable bonds is 4. The van der Waals surface area contributed by atoms with E-state index in [2.05, 4.69) is 4.74 Å². The van der Waals surface area contributed by atoms with E-state index in [1.54, 1.807) is 5.32 Å². The van der Waals surface area contributed by atoms with Crippen molar-refractivity contribution in [3.05, 3.63) is 0 Å². The fraction of sp³-hybridized carbons (Fsp3) is 0.625. The van der Waals surface area contributed by atoms with E-state index < -0.39 is 36.2 Å². The number of ether oxygens (including phenoxy) is 1. The van der Waals surface area contributed by atoms with Crippen molar-refractivity contribution in [2.45, 2.75) is 18.6 Å². The number of amides is 2. The summed E-state index contributed by atoms with van der Waals surface area (Å²) in [5.74, 6) is -3.17. The summed E-state index contributed by atoms with van der Waals surface area (Å²) in [4.78, 5) is 32.2. The molecule has 0 fully saturated rings. The van der Waals surface area contributed by atoms with Gasteiger partial charge in [-0.2, -0.15) is 13.2 Å². The molecule has 1 unspecified atom stereocenters. The fourth-order valence-corrected chi connectivity index (χ4v) is 0.741. The number of hydrogen-bond acceptors (Lipinski definition) is 4. The van der Waals surface area contributed by atoms with Crippen LogP contribution in [0.15, 0.2) is 0 Å². The van der Waals surface area contributed by atoms with Crippen LogP contribution in [0, 0.1) is 0 Å². The van der Waals surface area contributed by atoms with Crippen molar-refractivity contribution >= 4 is 18.0 Å². The topological polar surface area (TPSA) is 105 Å². The summed E-state index contributed by atoms with van der Waals surface area (Å²) < 4.78 is 41.5. The second-order valence-corrected chi connectivity index (χ2v) is 3.31. The third-order valence-corrected chi connectivity index (χ3v) is 1.98. The Balaban J connectivity index is 4.68. The molecule has 0 saturated heterocycles. The van der Waals surface area contributed by atoms with Gasteiger partial charge in [0.2, 0.25) is 5.54 Å². The van der Waals surface area contributed by atoms with Crippen LogP contribution < -0.4 is 10.6 Å². The maximum Gasteiger partial charge on any atom is 0.422 e. The lowest BCUT2D eigenvalue weighted by atomic mass is 10.0. The highest BCUT2D eigenvalue weighted by molar-refractivity contribution is 5.88. The van der Waals surface area contributed by atoms with Gasteiger partial charge in [-0.15, -0.1) is 0 Å². The van der Waals surface area contributed by atoms with Gasteiger partial charge in [0, 0.05) is 0 Å². The van der Waals surface area contributed by atoms with Crippen LogP contribution in [0.4, 0.5) is 18.0 Å². The average molecular weight is 272 g/mol. The Labute approximate surface area is 99.3 Å². The van der Waals surface area contributed by atoms with Crippen molar-refractivity contribution in [2.24, 2.45) is 0 Å². The highest BCUT2D eigenvalue weighted by Gasteiger charge is 2.58. The van der Waals surface area contributed by atoms with Gasteiger partial charge in [0.05, 0.1) is 7.11 Å². The molecule has 10 heteroatoms.